The minimum absolute atomic E-state index is 0.0121. The van der Waals surface area contributed by atoms with Gasteiger partial charge in [-0.3, -0.25) is 9.59 Å². The van der Waals surface area contributed by atoms with Gasteiger partial charge in [0.15, 0.2) is 11.5 Å². The second-order valence-electron chi connectivity index (χ2n) is 6.12. The Kier molecular flexibility index (Phi) is 9.03. The molecule has 0 saturated heterocycles. The highest BCUT2D eigenvalue weighted by Gasteiger charge is 2.22. The van der Waals surface area contributed by atoms with E-state index in [4.69, 9.17) is 9.47 Å². The van der Waals surface area contributed by atoms with Crippen LogP contribution in [-0.2, 0) is 9.59 Å². The highest BCUT2D eigenvalue weighted by molar-refractivity contribution is 14.1. The van der Waals surface area contributed by atoms with Crippen molar-refractivity contribution in [1.29, 1.82) is 0 Å². The van der Waals surface area contributed by atoms with Crippen LogP contribution >= 0.6 is 22.6 Å². The molecule has 2 amide bonds. The van der Waals surface area contributed by atoms with E-state index in [-0.39, 0.29) is 5.69 Å². The Morgan fingerprint density at radius 2 is 1.87 bits per heavy atom. The Labute approximate surface area is 188 Å². The van der Waals surface area contributed by atoms with E-state index < -0.39 is 23.5 Å². The lowest BCUT2D eigenvalue weighted by Gasteiger charge is -2.13. The number of rotatable bonds is 9. The van der Waals surface area contributed by atoms with Crippen LogP contribution in [-0.4, -0.2) is 31.2 Å². The molecule has 2 rings (SSSR count). The van der Waals surface area contributed by atoms with Crippen molar-refractivity contribution in [2.75, 3.05) is 18.5 Å². The third-order valence-corrected chi connectivity index (χ3v) is 4.73. The average molecular weight is 527 g/mol. The molecule has 0 bridgehead atoms. The third-order valence-electron chi connectivity index (χ3n) is 3.93. The number of amides is 2. The van der Waals surface area contributed by atoms with E-state index >= 15 is 0 Å². The Morgan fingerprint density at radius 3 is 2.53 bits per heavy atom. The fourth-order valence-electron chi connectivity index (χ4n) is 2.40. The zero-order chi connectivity index (χ0) is 22.1. The zero-order valence-corrected chi connectivity index (χ0v) is 19.0. The number of hydrazone groups is 1. The van der Waals surface area contributed by atoms with Gasteiger partial charge in [0.05, 0.1) is 28.7 Å². The van der Waals surface area contributed by atoms with E-state index in [1.807, 2.05) is 19.9 Å². The highest BCUT2D eigenvalue weighted by atomic mass is 127. The fourth-order valence-corrected chi connectivity index (χ4v) is 3.18. The molecule has 0 heterocycles. The number of benzene rings is 2. The molecule has 1 unspecified atom stereocenters. The van der Waals surface area contributed by atoms with Crippen LogP contribution < -0.4 is 20.2 Å². The van der Waals surface area contributed by atoms with E-state index in [2.05, 4.69) is 38.4 Å². The zero-order valence-electron chi connectivity index (χ0n) is 16.9. The van der Waals surface area contributed by atoms with Gasteiger partial charge in [-0.1, -0.05) is 12.1 Å². The summed E-state index contributed by atoms with van der Waals surface area (Å²) in [5.74, 6) is -1.67. The predicted molar refractivity (Wildman–Crippen MR) is 121 cm³/mol. The molecular formula is C21H23FIN3O4. The van der Waals surface area contributed by atoms with Crippen molar-refractivity contribution in [3.8, 4) is 11.5 Å². The lowest BCUT2D eigenvalue weighted by Crippen LogP contribution is -2.34. The summed E-state index contributed by atoms with van der Waals surface area (Å²) in [7, 11) is 0. The number of carbonyl (C=O) groups is 2. The van der Waals surface area contributed by atoms with E-state index in [1.54, 1.807) is 12.1 Å². The van der Waals surface area contributed by atoms with Crippen molar-refractivity contribution in [3.63, 3.8) is 0 Å². The summed E-state index contributed by atoms with van der Waals surface area (Å²) in [6.45, 7) is 6.15. The van der Waals surface area contributed by atoms with Crippen LogP contribution in [0.25, 0.3) is 0 Å². The third kappa shape index (κ3) is 6.41. The molecule has 2 N–H and O–H groups in total. The average Bonchev–Trinajstić information content (AvgIpc) is 2.71. The Hall–Kier alpha value is -2.69. The van der Waals surface area contributed by atoms with Crippen LogP contribution in [0.3, 0.4) is 0 Å². The Morgan fingerprint density at radius 1 is 1.17 bits per heavy atom. The molecule has 2 aromatic carbocycles. The quantitative estimate of drug-likeness (QED) is 0.224. The Balaban J connectivity index is 2.02. The van der Waals surface area contributed by atoms with Crippen LogP contribution in [0.2, 0.25) is 0 Å². The highest BCUT2D eigenvalue weighted by Crippen LogP contribution is 2.33. The molecule has 0 radical (unpaired) electrons. The van der Waals surface area contributed by atoms with Crippen molar-refractivity contribution in [1.82, 2.24) is 5.43 Å². The fraction of sp³-hybridized carbons (Fsp3) is 0.286. The van der Waals surface area contributed by atoms with Gasteiger partial charge in [-0.25, -0.2) is 9.82 Å². The first-order valence-electron chi connectivity index (χ1n) is 9.34. The maximum atomic E-state index is 13.6. The standard InChI is InChI=1S/C21H23FIN3O4/c1-4-29-18-11-14(10-16(23)19(18)30-5-2)12-24-26-21(28)13(3)20(27)25-17-9-7-6-8-15(17)22/h6-13H,4-5H2,1-3H3,(H,25,27)(H,26,28). The normalized spacial score (nSPS) is 11.8. The summed E-state index contributed by atoms with van der Waals surface area (Å²) in [6, 6.07) is 9.31. The second kappa shape index (κ2) is 11.5. The van der Waals surface area contributed by atoms with Crippen molar-refractivity contribution in [3.05, 3.63) is 51.3 Å². The molecule has 1 atom stereocenters. The van der Waals surface area contributed by atoms with Gasteiger partial charge in [-0.15, -0.1) is 0 Å². The van der Waals surface area contributed by atoms with Crippen LogP contribution in [0.1, 0.15) is 26.3 Å². The van der Waals surface area contributed by atoms with Crippen molar-refractivity contribution in [2.24, 2.45) is 11.0 Å². The second-order valence-corrected chi connectivity index (χ2v) is 7.28. The molecule has 30 heavy (non-hydrogen) atoms. The van der Waals surface area contributed by atoms with Crippen molar-refractivity contribution >= 4 is 46.3 Å². The first-order valence-corrected chi connectivity index (χ1v) is 10.4. The predicted octanol–water partition coefficient (Wildman–Crippen LogP) is 3.95. The van der Waals surface area contributed by atoms with Gasteiger partial charge < -0.3 is 14.8 Å². The van der Waals surface area contributed by atoms with Crippen molar-refractivity contribution < 1.29 is 23.5 Å². The van der Waals surface area contributed by atoms with E-state index in [0.717, 1.165) is 3.57 Å². The first-order chi connectivity index (χ1) is 14.4. The van der Waals surface area contributed by atoms with Gasteiger partial charge in [0.1, 0.15) is 11.7 Å². The number of nitrogens with zero attached hydrogens (tertiary/aromatic N) is 1. The minimum atomic E-state index is -1.07. The molecule has 0 aromatic heterocycles. The SMILES string of the molecule is CCOc1cc(C=NNC(=O)C(C)C(=O)Nc2ccccc2F)cc(I)c1OCC. The maximum Gasteiger partial charge on any atom is 0.252 e. The van der Waals surface area contributed by atoms with E-state index in [1.165, 1.54) is 31.3 Å². The summed E-state index contributed by atoms with van der Waals surface area (Å²) in [6.07, 6.45) is 1.44. The van der Waals surface area contributed by atoms with Gasteiger partial charge in [0, 0.05) is 0 Å². The number of anilines is 1. The Bertz CT molecular complexity index is 936. The van der Waals surface area contributed by atoms with Crippen LogP contribution in [0.5, 0.6) is 11.5 Å². The number of carbonyl (C=O) groups excluding carboxylic acids is 2. The van der Waals surface area contributed by atoms with Gasteiger partial charge >= 0.3 is 0 Å². The molecule has 0 aliphatic heterocycles. The van der Waals surface area contributed by atoms with Gasteiger partial charge in [-0.2, -0.15) is 5.10 Å². The van der Waals surface area contributed by atoms with Crippen LogP contribution in [0.15, 0.2) is 41.5 Å². The van der Waals surface area contributed by atoms with Crippen molar-refractivity contribution in [2.45, 2.75) is 20.8 Å². The van der Waals surface area contributed by atoms with Gasteiger partial charge in [0.2, 0.25) is 5.91 Å². The monoisotopic (exact) mass is 527 g/mol. The maximum absolute atomic E-state index is 13.6. The summed E-state index contributed by atoms with van der Waals surface area (Å²) in [5.41, 5.74) is 3.03. The number of halogens is 2. The van der Waals surface area contributed by atoms with E-state index in [0.29, 0.717) is 30.3 Å². The molecule has 0 aliphatic carbocycles. The summed E-state index contributed by atoms with van der Waals surface area (Å²) in [5, 5.41) is 6.30. The lowest BCUT2D eigenvalue weighted by atomic mass is 10.1. The lowest BCUT2D eigenvalue weighted by molar-refractivity contribution is -0.131. The van der Waals surface area contributed by atoms with Gasteiger partial charge in [0.25, 0.3) is 5.91 Å². The molecule has 2 aromatic rings. The number of nitrogens with one attached hydrogen (secondary N) is 2. The first kappa shape index (κ1) is 23.6. The minimum Gasteiger partial charge on any atom is -0.490 e. The molecule has 160 valence electrons. The van der Waals surface area contributed by atoms with E-state index in [9.17, 15) is 14.0 Å². The smallest absolute Gasteiger partial charge is 0.252 e. The van der Waals surface area contributed by atoms with Gasteiger partial charge in [-0.05, 0) is 73.2 Å². The number of ether oxygens (including phenoxy) is 2. The van der Waals surface area contributed by atoms with Crippen LogP contribution in [0.4, 0.5) is 10.1 Å². The molecule has 9 heteroatoms. The number of para-hydroxylation sites is 1. The number of hydrogen-bond acceptors (Lipinski definition) is 5. The molecular weight excluding hydrogens is 504 g/mol. The topological polar surface area (TPSA) is 89.0 Å². The molecule has 0 aliphatic rings. The summed E-state index contributed by atoms with van der Waals surface area (Å²) in [4.78, 5) is 24.4. The molecule has 0 saturated carbocycles. The summed E-state index contributed by atoms with van der Waals surface area (Å²) < 4.78 is 25.7. The molecule has 0 spiro atoms. The largest absolute Gasteiger partial charge is 0.490 e. The summed E-state index contributed by atoms with van der Waals surface area (Å²) >= 11 is 2.13. The molecule has 0 fully saturated rings. The van der Waals surface area contributed by atoms with Crippen LogP contribution in [0, 0.1) is 15.3 Å². The number of hydrogen-bond donors (Lipinski definition) is 2. The molecule has 7 nitrogen and oxygen atoms in total.